The van der Waals surface area contributed by atoms with Gasteiger partial charge in [0.15, 0.2) is 5.82 Å². The number of rotatable bonds is 2. The number of benzene rings is 1. The van der Waals surface area contributed by atoms with Crippen LogP contribution < -0.4 is 10.2 Å². The van der Waals surface area contributed by atoms with Gasteiger partial charge >= 0.3 is 5.97 Å². The molecule has 0 bridgehead atoms. The standard InChI is InChI=1S/C26H30FNO4/c1-26(2,3)20-12-17-15-9-6-10-32-24(15)16(14-7-4-5-8-14)11-18(17)22-21(27)23(29)19(25(30)31)13-28(20)22/h11,13-14,20H,4-10,12H2,1-3H3,(H,30,31)/t20-/m0/s1. The smallest absolute Gasteiger partial charge is 0.341 e. The van der Waals surface area contributed by atoms with Crippen LogP contribution in [0.3, 0.4) is 0 Å². The highest BCUT2D eigenvalue weighted by molar-refractivity contribution is 5.88. The summed E-state index contributed by atoms with van der Waals surface area (Å²) in [6.45, 7) is 6.90. The van der Waals surface area contributed by atoms with Gasteiger partial charge in [0.25, 0.3) is 0 Å². The lowest BCUT2D eigenvalue weighted by Gasteiger charge is -2.41. The fraction of sp³-hybridized carbons (Fsp3) is 0.538. The number of carboxylic acids is 1. The molecule has 1 N–H and O–H groups in total. The molecule has 2 aromatic rings. The third-order valence-corrected chi connectivity index (χ3v) is 7.53. The van der Waals surface area contributed by atoms with Crippen molar-refractivity contribution in [1.29, 1.82) is 0 Å². The Labute approximate surface area is 187 Å². The van der Waals surface area contributed by atoms with Crippen molar-refractivity contribution in [3.8, 4) is 17.0 Å². The highest BCUT2D eigenvalue weighted by Gasteiger charge is 2.39. The van der Waals surface area contributed by atoms with E-state index in [1.165, 1.54) is 19.0 Å². The summed E-state index contributed by atoms with van der Waals surface area (Å²) in [5, 5.41) is 9.53. The van der Waals surface area contributed by atoms with Gasteiger partial charge in [-0.2, -0.15) is 0 Å². The first-order chi connectivity index (χ1) is 15.2. The lowest BCUT2D eigenvalue weighted by molar-refractivity contribution is 0.0692. The molecular formula is C26H30FNO4. The van der Waals surface area contributed by atoms with Crippen LogP contribution in [0.1, 0.15) is 91.9 Å². The summed E-state index contributed by atoms with van der Waals surface area (Å²) in [5.41, 5.74) is 2.49. The van der Waals surface area contributed by atoms with Crippen LogP contribution in [0.25, 0.3) is 11.3 Å². The van der Waals surface area contributed by atoms with Gasteiger partial charge in [-0.25, -0.2) is 9.18 Å². The SMILES string of the molecule is CC(C)(C)[C@@H]1Cc2c(cc(C3CCCC3)c3c2CCCO3)-c2c(F)c(=O)c(C(=O)O)cn21. The van der Waals surface area contributed by atoms with E-state index in [0.717, 1.165) is 53.7 Å². The summed E-state index contributed by atoms with van der Waals surface area (Å²) in [6, 6.07) is 1.87. The van der Waals surface area contributed by atoms with E-state index in [1.54, 1.807) is 4.57 Å². The molecule has 3 aliphatic rings. The fourth-order valence-corrected chi connectivity index (χ4v) is 5.90. The minimum atomic E-state index is -1.40. The maximum Gasteiger partial charge on any atom is 0.341 e. The van der Waals surface area contributed by atoms with Crippen LogP contribution in [0.4, 0.5) is 4.39 Å². The third kappa shape index (κ3) is 3.18. The molecule has 1 aliphatic carbocycles. The normalized spacial score (nSPS) is 20.3. The molecule has 1 fully saturated rings. The van der Waals surface area contributed by atoms with E-state index in [-0.39, 0.29) is 17.2 Å². The number of aromatic carboxylic acids is 1. The van der Waals surface area contributed by atoms with Gasteiger partial charge in [0, 0.05) is 17.8 Å². The molecule has 0 spiro atoms. The van der Waals surface area contributed by atoms with Crippen LogP contribution in [0, 0.1) is 11.2 Å². The van der Waals surface area contributed by atoms with Gasteiger partial charge in [-0.3, -0.25) is 4.79 Å². The molecule has 5 rings (SSSR count). The maximum absolute atomic E-state index is 15.7. The van der Waals surface area contributed by atoms with E-state index in [4.69, 9.17) is 4.74 Å². The second-order valence-electron chi connectivity index (χ2n) is 10.6. The number of aromatic nitrogens is 1. The molecule has 0 unspecified atom stereocenters. The number of ether oxygens (including phenoxy) is 1. The first-order valence-corrected chi connectivity index (χ1v) is 11.7. The Morgan fingerprint density at radius 1 is 1.19 bits per heavy atom. The number of hydrogen-bond acceptors (Lipinski definition) is 3. The molecule has 0 radical (unpaired) electrons. The van der Waals surface area contributed by atoms with Gasteiger partial charge < -0.3 is 14.4 Å². The largest absolute Gasteiger partial charge is 0.493 e. The summed E-state index contributed by atoms with van der Waals surface area (Å²) >= 11 is 0. The van der Waals surface area contributed by atoms with Crippen LogP contribution >= 0.6 is 0 Å². The number of halogens is 1. The maximum atomic E-state index is 15.7. The van der Waals surface area contributed by atoms with Crippen LogP contribution in [0.5, 0.6) is 5.75 Å². The van der Waals surface area contributed by atoms with E-state index in [0.29, 0.717) is 18.9 Å². The molecule has 32 heavy (non-hydrogen) atoms. The average molecular weight is 440 g/mol. The van der Waals surface area contributed by atoms with E-state index >= 15 is 4.39 Å². The Hall–Kier alpha value is -2.63. The molecule has 3 heterocycles. The van der Waals surface area contributed by atoms with E-state index < -0.39 is 22.8 Å². The van der Waals surface area contributed by atoms with Crippen LogP contribution in [-0.2, 0) is 12.8 Å². The fourth-order valence-electron chi connectivity index (χ4n) is 5.90. The third-order valence-electron chi connectivity index (χ3n) is 7.53. The Balaban J connectivity index is 1.84. The van der Waals surface area contributed by atoms with Gasteiger partial charge in [-0.15, -0.1) is 0 Å². The Morgan fingerprint density at radius 2 is 1.91 bits per heavy atom. The predicted molar refractivity (Wildman–Crippen MR) is 120 cm³/mol. The lowest BCUT2D eigenvalue weighted by atomic mass is 9.75. The number of pyridine rings is 1. The molecule has 2 aliphatic heterocycles. The average Bonchev–Trinajstić information content (AvgIpc) is 3.28. The molecule has 1 aromatic carbocycles. The topological polar surface area (TPSA) is 68.5 Å². The zero-order chi connectivity index (χ0) is 22.8. The van der Waals surface area contributed by atoms with Crippen molar-refractivity contribution in [1.82, 2.24) is 4.57 Å². The Morgan fingerprint density at radius 3 is 2.56 bits per heavy atom. The molecular weight excluding hydrogens is 409 g/mol. The highest BCUT2D eigenvalue weighted by Crippen LogP contribution is 2.50. The molecule has 5 nitrogen and oxygen atoms in total. The molecule has 1 aromatic heterocycles. The van der Waals surface area contributed by atoms with Crippen molar-refractivity contribution < 1.29 is 19.0 Å². The Kier molecular flexibility index (Phi) is 4.95. The zero-order valence-corrected chi connectivity index (χ0v) is 19.0. The number of fused-ring (bicyclic) bond motifs is 5. The molecule has 0 saturated heterocycles. The summed E-state index contributed by atoms with van der Waals surface area (Å²) in [4.78, 5) is 24.4. The van der Waals surface area contributed by atoms with Gasteiger partial charge in [0.1, 0.15) is 11.3 Å². The molecule has 170 valence electrons. The van der Waals surface area contributed by atoms with Crippen molar-refractivity contribution in [2.24, 2.45) is 5.41 Å². The number of carbonyl (C=O) groups is 1. The molecule has 1 saturated carbocycles. The number of hydrogen-bond donors (Lipinski definition) is 1. The van der Waals surface area contributed by atoms with Crippen molar-refractivity contribution in [2.45, 2.75) is 77.7 Å². The predicted octanol–water partition coefficient (Wildman–Crippen LogP) is 5.48. The van der Waals surface area contributed by atoms with Gasteiger partial charge in [0.2, 0.25) is 5.43 Å². The van der Waals surface area contributed by atoms with E-state index in [9.17, 15) is 14.7 Å². The van der Waals surface area contributed by atoms with Crippen molar-refractivity contribution in [3.63, 3.8) is 0 Å². The van der Waals surface area contributed by atoms with Crippen molar-refractivity contribution >= 4 is 5.97 Å². The van der Waals surface area contributed by atoms with Crippen LogP contribution in [-0.4, -0.2) is 22.2 Å². The number of nitrogens with zero attached hydrogens (tertiary/aromatic N) is 1. The number of carboxylic acid groups (broad SMARTS) is 1. The molecule has 1 atom stereocenters. The first kappa shape index (κ1) is 21.2. The minimum absolute atomic E-state index is 0.179. The van der Waals surface area contributed by atoms with Crippen LogP contribution in [0.2, 0.25) is 0 Å². The van der Waals surface area contributed by atoms with Crippen molar-refractivity contribution in [3.05, 3.63) is 50.6 Å². The summed E-state index contributed by atoms with van der Waals surface area (Å²) in [7, 11) is 0. The van der Waals surface area contributed by atoms with Gasteiger partial charge in [-0.1, -0.05) is 33.6 Å². The summed E-state index contributed by atoms with van der Waals surface area (Å²) in [5.74, 6) is -0.996. The highest BCUT2D eigenvalue weighted by atomic mass is 19.1. The second kappa shape index (κ2) is 7.46. The summed E-state index contributed by atoms with van der Waals surface area (Å²) in [6.07, 6.45) is 8.34. The van der Waals surface area contributed by atoms with E-state index in [1.807, 2.05) is 6.07 Å². The van der Waals surface area contributed by atoms with Crippen molar-refractivity contribution in [2.75, 3.05) is 6.61 Å². The van der Waals surface area contributed by atoms with E-state index in [2.05, 4.69) is 20.8 Å². The monoisotopic (exact) mass is 439 g/mol. The second-order valence-corrected chi connectivity index (χ2v) is 10.6. The van der Waals surface area contributed by atoms with Gasteiger partial charge in [-0.05, 0) is 66.2 Å². The lowest BCUT2D eigenvalue weighted by Crippen LogP contribution is -2.35. The zero-order valence-electron chi connectivity index (χ0n) is 19.0. The minimum Gasteiger partial charge on any atom is -0.493 e. The molecule has 0 amide bonds. The first-order valence-electron chi connectivity index (χ1n) is 11.7. The van der Waals surface area contributed by atoms with Crippen LogP contribution in [0.15, 0.2) is 17.1 Å². The van der Waals surface area contributed by atoms with Gasteiger partial charge in [0.05, 0.1) is 12.3 Å². The Bertz CT molecular complexity index is 1170. The quantitative estimate of drug-likeness (QED) is 0.673. The summed E-state index contributed by atoms with van der Waals surface area (Å²) < 4.78 is 23.6. The molecule has 6 heteroatoms.